The average Bonchev–Trinajstić information content (AvgIpc) is 2.69. The lowest BCUT2D eigenvalue weighted by Crippen LogP contribution is -2.31. The van der Waals surface area contributed by atoms with Crippen molar-refractivity contribution in [1.82, 2.24) is 0 Å². The Hall–Kier alpha value is -3.66. The van der Waals surface area contributed by atoms with Gasteiger partial charge in [0.05, 0.1) is 0 Å². The molecule has 28 heavy (non-hydrogen) atoms. The van der Waals surface area contributed by atoms with Crippen LogP contribution in [0.15, 0.2) is 67.7 Å². The fourth-order valence-electron chi connectivity index (χ4n) is 4.09. The quantitative estimate of drug-likeness (QED) is 0.338. The van der Waals surface area contributed by atoms with Crippen LogP contribution in [-0.2, 0) is 0 Å². The first-order chi connectivity index (χ1) is 13.4. The summed E-state index contributed by atoms with van der Waals surface area (Å²) in [6.45, 7) is 3.70. The molecule has 5 rings (SSSR count). The van der Waals surface area contributed by atoms with Gasteiger partial charge in [0.2, 0.25) is 21.7 Å². The molecule has 0 unspecified atom stereocenters. The fraction of sp³-hybridized carbons (Fsp3) is 0.0833. The number of aryl methyl sites for hydroxylation is 2. The third kappa shape index (κ3) is 2.06. The van der Waals surface area contributed by atoms with Crippen molar-refractivity contribution in [3.63, 3.8) is 0 Å². The Morgan fingerprint density at radius 1 is 0.464 bits per heavy atom. The monoisotopic (exact) mass is 366 g/mol. The number of benzene rings is 5. The minimum absolute atomic E-state index is 0.191. The predicted octanol–water partition coefficient (Wildman–Crippen LogP) is 3.14. The van der Waals surface area contributed by atoms with Crippen molar-refractivity contribution in [3.05, 3.63) is 101 Å². The standard InChI is InChI=1S/C24H14O4/c1-11-3-5-13(6-4-11)14-9-17-20-18(10-14)24(28)22(26)16-8-12(2)7-15(19(16)20)21(25)23(17)27/h3-10H,1-2H3. The third-order valence-electron chi connectivity index (χ3n) is 5.45. The van der Waals surface area contributed by atoms with Crippen molar-refractivity contribution in [1.29, 1.82) is 0 Å². The first-order valence-electron chi connectivity index (χ1n) is 8.95. The maximum absolute atomic E-state index is 12.9. The summed E-state index contributed by atoms with van der Waals surface area (Å²) >= 11 is 0. The summed E-state index contributed by atoms with van der Waals surface area (Å²) < 4.78 is 0. The van der Waals surface area contributed by atoms with E-state index < -0.39 is 21.7 Å². The second kappa shape index (κ2) is 5.42. The molecule has 0 saturated carbocycles. The summed E-state index contributed by atoms with van der Waals surface area (Å²) in [5.74, 6) is 0. The molecule has 0 atom stereocenters. The van der Waals surface area contributed by atoms with Gasteiger partial charge in [-0.05, 0) is 54.8 Å². The summed E-state index contributed by atoms with van der Waals surface area (Å²) in [5, 5.41) is 0.795. The van der Waals surface area contributed by atoms with E-state index in [2.05, 4.69) is 0 Å². The molecular weight excluding hydrogens is 352 g/mol. The van der Waals surface area contributed by atoms with Gasteiger partial charge in [-0.3, -0.25) is 19.2 Å². The van der Waals surface area contributed by atoms with Crippen LogP contribution in [0.5, 0.6) is 0 Å². The van der Waals surface area contributed by atoms with Crippen LogP contribution in [0.3, 0.4) is 0 Å². The average molecular weight is 366 g/mol. The molecule has 0 aromatic heterocycles. The Morgan fingerprint density at radius 3 is 1.29 bits per heavy atom. The van der Waals surface area contributed by atoms with Gasteiger partial charge < -0.3 is 0 Å². The predicted molar refractivity (Wildman–Crippen MR) is 112 cm³/mol. The zero-order valence-corrected chi connectivity index (χ0v) is 15.3. The molecule has 0 bridgehead atoms. The van der Waals surface area contributed by atoms with E-state index >= 15 is 0 Å². The molecule has 2 aliphatic rings. The van der Waals surface area contributed by atoms with E-state index in [1.54, 1.807) is 31.2 Å². The molecule has 4 heteroatoms. The summed E-state index contributed by atoms with van der Waals surface area (Å²) in [7, 11) is 0. The summed E-state index contributed by atoms with van der Waals surface area (Å²) in [4.78, 5) is 51.2. The molecule has 0 radical (unpaired) electrons. The van der Waals surface area contributed by atoms with E-state index in [4.69, 9.17) is 0 Å². The molecule has 3 aromatic carbocycles. The van der Waals surface area contributed by atoms with E-state index in [1.165, 1.54) is 0 Å². The molecule has 4 nitrogen and oxygen atoms in total. The molecule has 2 aliphatic carbocycles. The van der Waals surface area contributed by atoms with Crippen molar-refractivity contribution >= 4 is 21.5 Å². The largest absolute Gasteiger partial charge is 0.285 e. The second-order valence-corrected chi connectivity index (χ2v) is 7.36. The summed E-state index contributed by atoms with van der Waals surface area (Å²) in [6.07, 6.45) is 0. The van der Waals surface area contributed by atoms with E-state index in [1.807, 2.05) is 31.2 Å². The Kier molecular flexibility index (Phi) is 3.20. The Morgan fingerprint density at radius 2 is 0.857 bits per heavy atom. The van der Waals surface area contributed by atoms with E-state index in [9.17, 15) is 19.2 Å². The van der Waals surface area contributed by atoms with Gasteiger partial charge in [-0.15, -0.1) is 0 Å². The molecule has 0 spiro atoms. The van der Waals surface area contributed by atoms with Crippen LogP contribution in [0.1, 0.15) is 11.1 Å². The molecule has 0 fully saturated rings. The molecule has 0 saturated heterocycles. The molecule has 0 amide bonds. The van der Waals surface area contributed by atoms with E-state index in [-0.39, 0.29) is 21.5 Å². The molecule has 3 aromatic rings. The van der Waals surface area contributed by atoms with Gasteiger partial charge in [0.25, 0.3) is 0 Å². The van der Waals surface area contributed by atoms with E-state index in [0.29, 0.717) is 22.3 Å². The third-order valence-corrected chi connectivity index (χ3v) is 5.45. The van der Waals surface area contributed by atoms with Crippen molar-refractivity contribution in [2.24, 2.45) is 0 Å². The Bertz CT molecular complexity index is 1490. The maximum atomic E-state index is 12.9. The van der Waals surface area contributed by atoms with E-state index in [0.717, 1.165) is 11.1 Å². The first-order valence-corrected chi connectivity index (χ1v) is 8.95. The SMILES string of the molecule is Cc1ccc(-c2cc3c4c(c2)c(=O)c(=O)c2cc(C)cc(c2-4)c(=O)c3=O)cc1. The van der Waals surface area contributed by atoms with Gasteiger partial charge in [-0.1, -0.05) is 29.8 Å². The summed E-state index contributed by atoms with van der Waals surface area (Å²) in [5.41, 5.74) is 1.46. The van der Waals surface area contributed by atoms with Crippen LogP contribution >= 0.6 is 0 Å². The maximum Gasteiger partial charge on any atom is 0.234 e. The van der Waals surface area contributed by atoms with Crippen LogP contribution in [0.2, 0.25) is 0 Å². The lowest BCUT2D eigenvalue weighted by molar-refractivity contribution is 1.44. The molecule has 0 N–H and O–H groups in total. The number of rotatable bonds is 1. The fourth-order valence-corrected chi connectivity index (χ4v) is 4.09. The molecule has 0 aliphatic heterocycles. The summed E-state index contributed by atoms with van der Waals surface area (Å²) in [6, 6.07) is 14.2. The van der Waals surface area contributed by atoms with Crippen molar-refractivity contribution in [2.45, 2.75) is 13.8 Å². The highest BCUT2D eigenvalue weighted by atomic mass is 16.2. The normalized spacial score (nSPS) is 11.8. The van der Waals surface area contributed by atoms with Gasteiger partial charge in [-0.2, -0.15) is 0 Å². The van der Waals surface area contributed by atoms with Gasteiger partial charge in [-0.25, -0.2) is 0 Å². The van der Waals surface area contributed by atoms with Gasteiger partial charge in [0, 0.05) is 32.7 Å². The molecule has 134 valence electrons. The zero-order chi connectivity index (χ0) is 19.7. The topological polar surface area (TPSA) is 68.3 Å². The molecule has 0 heterocycles. The van der Waals surface area contributed by atoms with Crippen LogP contribution in [0, 0.1) is 13.8 Å². The number of hydrogen-bond donors (Lipinski definition) is 0. The zero-order valence-electron chi connectivity index (χ0n) is 15.3. The minimum Gasteiger partial charge on any atom is -0.285 e. The van der Waals surface area contributed by atoms with Crippen molar-refractivity contribution in [2.75, 3.05) is 0 Å². The van der Waals surface area contributed by atoms with Crippen LogP contribution in [0.25, 0.3) is 43.8 Å². The first kappa shape index (κ1) is 16.5. The van der Waals surface area contributed by atoms with Crippen LogP contribution in [-0.4, -0.2) is 0 Å². The lowest BCUT2D eigenvalue weighted by atomic mass is 9.84. The van der Waals surface area contributed by atoms with Crippen molar-refractivity contribution < 1.29 is 0 Å². The highest BCUT2D eigenvalue weighted by Gasteiger charge is 2.25. The van der Waals surface area contributed by atoms with Crippen molar-refractivity contribution in [3.8, 4) is 22.3 Å². The Balaban J connectivity index is 2.08. The van der Waals surface area contributed by atoms with Gasteiger partial charge in [0.1, 0.15) is 0 Å². The second-order valence-electron chi connectivity index (χ2n) is 7.36. The highest BCUT2D eigenvalue weighted by Crippen LogP contribution is 2.37. The molecular formula is C24H14O4. The lowest BCUT2D eigenvalue weighted by Gasteiger charge is -2.16. The van der Waals surface area contributed by atoms with Gasteiger partial charge in [0.15, 0.2) is 0 Å². The minimum atomic E-state index is -0.642. The highest BCUT2D eigenvalue weighted by molar-refractivity contribution is 6.12. The van der Waals surface area contributed by atoms with Crippen LogP contribution in [0.4, 0.5) is 0 Å². The smallest absolute Gasteiger partial charge is 0.234 e. The number of hydrogen-bond acceptors (Lipinski definition) is 4. The van der Waals surface area contributed by atoms with Gasteiger partial charge >= 0.3 is 0 Å². The Labute approximate surface area is 158 Å². The van der Waals surface area contributed by atoms with Crippen LogP contribution < -0.4 is 21.7 Å².